The van der Waals surface area contributed by atoms with Gasteiger partial charge >= 0.3 is 0 Å². The molecule has 1 aromatic rings. The van der Waals surface area contributed by atoms with Crippen LogP contribution in [0.1, 0.15) is 29.6 Å². The minimum Gasteiger partial charge on any atom is -0.370 e. The predicted molar refractivity (Wildman–Crippen MR) is 81.4 cm³/mol. The summed E-state index contributed by atoms with van der Waals surface area (Å²) in [6.07, 6.45) is 2.34. The molecule has 0 saturated carbocycles. The molecule has 0 spiro atoms. The highest BCUT2D eigenvalue weighted by Crippen LogP contribution is 2.20. The lowest BCUT2D eigenvalue weighted by atomic mass is 9.93. The maximum Gasteiger partial charge on any atom is 0.217 e. The zero-order valence-corrected chi connectivity index (χ0v) is 12.9. The van der Waals surface area contributed by atoms with Gasteiger partial charge in [-0.15, -0.1) is 0 Å². The fraction of sp³-hybridized carbons (Fsp3) is 0.467. The molecule has 1 saturated heterocycles. The summed E-state index contributed by atoms with van der Waals surface area (Å²) in [6.45, 7) is 2.16. The van der Waals surface area contributed by atoms with Gasteiger partial charge in [-0.2, -0.15) is 0 Å². The van der Waals surface area contributed by atoms with Crippen molar-refractivity contribution in [3.05, 3.63) is 34.3 Å². The van der Waals surface area contributed by atoms with Crippen LogP contribution in [0.15, 0.2) is 28.7 Å². The maximum absolute atomic E-state index is 12.2. The molecule has 0 aliphatic carbocycles. The number of hydrogen-bond donors (Lipinski definition) is 1. The Bertz CT molecular complexity index is 496. The molecule has 2 N–H and O–H groups in total. The van der Waals surface area contributed by atoms with Gasteiger partial charge in [-0.25, -0.2) is 0 Å². The summed E-state index contributed by atoms with van der Waals surface area (Å²) >= 11 is 3.38. The van der Waals surface area contributed by atoms with Gasteiger partial charge in [0, 0.05) is 16.5 Å². The lowest BCUT2D eigenvalue weighted by Gasteiger charge is -2.30. The van der Waals surface area contributed by atoms with E-state index >= 15 is 0 Å². The highest BCUT2D eigenvalue weighted by molar-refractivity contribution is 9.10. The Kier molecular flexibility index (Phi) is 5.31. The number of Topliss-reactive ketones (excluding diaryl/α,β-unsaturated/α-hetero) is 1. The highest BCUT2D eigenvalue weighted by atomic mass is 79.9. The Balaban J connectivity index is 1.83. The second-order valence-electron chi connectivity index (χ2n) is 5.32. The van der Waals surface area contributed by atoms with Gasteiger partial charge in [-0.05, 0) is 44.0 Å². The molecule has 108 valence electrons. The number of carbonyl (C=O) groups excluding carboxylic acids is 2. The van der Waals surface area contributed by atoms with E-state index in [1.807, 2.05) is 24.3 Å². The third kappa shape index (κ3) is 4.42. The lowest BCUT2D eigenvalue weighted by molar-refractivity contribution is -0.119. The second-order valence-corrected chi connectivity index (χ2v) is 6.24. The number of rotatable bonds is 5. The van der Waals surface area contributed by atoms with Crippen LogP contribution < -0.4 is 5.73 Å². The molecule has 0 aromatic heterocycles. The Morgan fingerprint density at radius 3 is 2.60 bits per heavy atom. The monoisotopic (exact) mass is 338 g/mol. The number of nitrogens with zero attached hydrogens (tertiary/aromatic N) is 1. The third-order valence-electron chi connectivity index (χ3n) is 3.71. The van der Waals surface area contributed by atoms with Crippen molar-refractivity contribution >= 4 is 27.6 Å². The third-order valence-corrected chi connectivity index (χ3v) is 4.20. The number of ketones is 1. The molecule has 1 aliphatic heterocycles. The summed E-state index contributed by atoms with van der Waals surface area (Å²) in [4.78, 5) is 25.2. The van der Waals surface area contributed by atoms with Crippen molar-refractivity contribution in [2.75, 3.05) is 19.6 Å². The summed E-state index contributed by atoms with van der Waals surface area (Å²) in [6, 6.07) is 7.47. The fourth-order valence-electron chi connectivity index (χ4n) is 2.59. The standard InChI is InChI=1S/C15H19BrN2O2/c16-13-3-1-2-12(9-13)14(19)10-18-6-4-11(5-7-18)8-15(17)20/h1-3,9,11H,4-8,10H2,(H2,17,20). The highest BCUT2D eigenvalue weighted by Gasteiger charge is 2.22. The summed E-state index contributed by atoms with van der Waals surface area (Å²) in [5.74, 6) is 0.290. The van der Waals surface area contributed by atoms with Gasteiger partial charge in [0.25, 0.3) is 0 Å². The van der Waals surface area contributed by atoms with Gasteiger partial charge in [0.1, 0.15) is 0 Å². The molecular formula is C15H19BrN2O2. The van der Waals surface area contributed by atoms with Crippen LogP contribution in [0.3, 0.4) is 0 Å². The van der Waals surface area contributed by atoms with Crippen molar-refractivity contribution < 1.29 is 9.59 Å². The van der Waals surface area contributed by atoms with E-state index in [0.717, 1.165) is 36.0 Å². The van der Waals surface area contributed by atoms with Crippen LogP contribution in [0.2, 0.25) is 0 Å². The largest absolute Gasteiger partial charge is 0.370 e. The number of primary amides is 1. The molecule has 0 bridgehead atoms. The molecule has 4 nitrogen and oxygen atoms in total. The molecule has 0 atom stereocenters. The SMILES string of the molecule is NC(=O)CC1CCN(CC(=O)c2cccc(Br)c2)CC1. The van der Waals surface area contributed by atoms with Crippen molar-refractivity contribution in [2.45, 2.75) is 19.3 Å². The maximum atomic E-state index is 12.2. The van der Waals surface area contributed by atoms with Crippen molar-refractivity contribution in [2.24, 2.45) is 11.7 Å². The van der Waals surface area contributed by atoms with E-state index in [4.69, 9.17) is 5.73 Å². The first-order valence-corrected chi connectivity index (χ1v) is 7.63. The van der Waals surface area contributed by atoms with Crippen LogP contribution in [0.25, 0.3) is 0 Å². The van der Waals surface area contributed by atoms with Crippen LogP contribution in [0.5, 0.6) is 0 Å². The minimum absolute atomic E-state index is 0.139. The molecular weight excluding hydrogens is 320 g/mol. The Morgan fingerprint density at radius 1 is 1.30 bits per heavy atom. The van der Waals surface area contributed by atoms with E-state index in [1.54, 1.807) is 0 Å². The molecule has 1 fully saturated rings. The average Bonchev–Trinajstić information content (AvgIpc) is 2.40. The Hall–Kier alpha value is -1.20. The number of hydrogen-bond acceptors (Lipinski definition) is 3. The predicted octanol–water partition coefficient (Wildman–Crippen LogP) is 2.22. The summed E-state index contributed by atoms with van der Waals surface area (Å²) in [7, 11) is 0. The fourth-order valence-corrected chi connectivity index (χ4v) is 2.99. The van der Waals surface area contributed by atoms with Crippen LogP contribution in [0.4, 0.5) is 0 Å². The Morgan fingerprint density at radius 2 is 2.00 bits per heavy atom. The van der Waals surface area contributed by atoms with Crippen LogP contribution >= 0.6 is 15.9 Å². The molecule has 0 radical (unpaired) electrons. The number of nitrogens with two attached hydrogens (primary N) is 1. The first kappa shape index (κ1) is 15.2. The van der Waals surface area contributed by atoms with E-state index in [2.05, 4.69) is 20.8 Å². The van der Waals surface area contributed by atoms with Crippen molar-refractivity contribution in [1.82, 2.24) is 4.90 Å². The van der Waals surface area contributed by atoms with Crippen LogP contribution in [-0.2, 0) is 4.79 Å². The van der Waals surface area contributed by atoms with E-state index in [1.165, 1.54) is 0 Å². The van der Waals surface area contributed by atoms with Crippen LogP contribution in [0, 0.1) is 5.92 Å². The zero-order valence-electron chi connectivity index (χ0n) is 11.3. The van der Waals surface area contributed by atoms with Crippen LogP contribution in [-0.4, -0.2) is 36.2 Å². The van der Waals surface area contributed by atoms with Crippen molar-refractivity contribution in [3.8, 4) is 0 Å². The molecule has 20 heavy (non-hydrogen) atoms. The van der Waals surface area contributed by atoms with E-state index in [-0.39, 0.29) is 11.7 Å². The second kappa shape index (κ2) is 6.99. The van der Waals surface area contributed by atoms with E-state index in [9.17, 15) is 9.59 Å². The molecule has 1 aliphatic rings. The van der Waals surface area contributed by atoms with Gasteiger partial charge in [0.05, 0.1) is 6.54 Å². The minimum atomic E-state index is -0.228. The smallest absolute Gasteiger partial charge is 0.217 e. The van der Waals surface area contributed by atoms with E-state index < -0.39 is 0 Å². The summed E-state index contributed by atoms with van der Waals surface area (Å²) < 4.78 is 0.920. The first-order valence-electron chi connectivity index (χ1n) is 6.84. The Labute approximate surface area is 127 Å². The molecule has 5 heteroatoms. The number of halogens is 1. The number of carbonyl (C=O) groups is 2. The number of piperidine rings is 1. The van der Waals surface area contributed by atoms with Gasteiger partial charge in [-0.1, -0.05) is 28.1 Å². The number of benzene rings is 1. The normalized spacial score (nSPS) is 17.1. The molecule has 1 heterocycles. The van der Waals surface area contributed by atoms with Gasteiger partial charge in [0.2, 0.25) is 5.91 Å². The summed E-state index contributed by atoms with van der Waals surface area (Å²) in [5.41, 5.74) is 5.95. The summed E-state index contributed by atoms with van der Waals surface area (Å²) in [5, 5.41) is 0. The van der Waals surface area contributed by atoms with Gasteiger partial charge < -0.3 is 5.73 Å². The van der Waals surface area contributed by atoms with Crippen molar-refractivity contribution in [3.63, 3.8) is 0 Å². The average molecular weight is 339 g/mol. The lowest BCUT2D eigenvalue weighted by Crippen LogP contribution is -2.38. The van der Waals surface area contributed by atoms with Gasteiger partial charge in [0.15, 0.2) is 5.78 Å². The molecule has 1 amide bonds. The molecule has 1 aromatic carbocycles. The number of amides is 1. The molecule has 0 unspecified atom stereocenters. The zero-order chi connectivity index (χ0) is 14.5. The van der Waals surface area contributed by atoms with Gasteiger partial charge in [-0.3, -0.25) is 14.5 Å². The number of likely N-dealkylation sites (tertiary alicyclic amines) is 1. The molecule has 2 rings (SSSR count). The topological polar surface area (TPSA) is 63.4 Å². The first-order chi connectivity index (χ1) is 9.54. The van der Waals surface area contributed by atoms with Crippen molar-refractivity contribution in [1.29, 1.82) is 0 Å². The van der Waals surface area contributed by atoms with E-state index in [0.29, 0.717) is 18.9 Å². The quantitative estimate of drug-likeness (QED) is 0.837.